The fourth-order valence-electron chi connectivity index (χ4n) is 1.72. The van der Waals surface area contributed by atoms with Crippen molar-refractivity contribution < 1.29 is 8.42 Å². The number of hydrogen-bond donors (Lipinski definition) is 1. The van der Waals surface area contributed by atoms with Crippen LogP contribution in [0.3, 0.4) is 0 Å². The summed E-state index contributed by atoms with van der Waals surface area (Å²) in [5.41, 5.74) is 5.37. The smallest absolute Gasteiger partial charge is 0.244 e. The molecule has 0 aliphatic carbocycles. The molecule has 0 unspecified atom stereocenters. The van der Waals surface area contributed by atoms with Gasteiger partial charge in [0.25, 0.3) is 0 Å². The van der Waals surface area contributed by atoms with Gasteiger partial charge in [-0.2, -0.15) is 4.31 Å². The third kappa shape index (κ3) is 4.09. The van der Waals surface area contributed by atoms with E-state index in [9.17, 15) is 8.42 Å². The van der Waals surface area contributed by atoms with E-state index in [-0.39, 0.29) is 15.3 Å². The van der Waals surface area contributed by atoms with Crippen molar-refractivity contribution in [1.82, 2.24) is 4.31 Å². The molecule has 0 saturated carbocycles. The largest absolute Gasteiger partial charge is 0.330 e. The zero-order valence-corrected chi connectivity index (χ0v) is 14.2. The first-order valence-electron chi connectivity index (χ1n) is 6.29. The van der Waals surface area contributed by atoms with Crippen LogP contribution < -0.4 is 5.73 Å². The molecule has 20 heavy (non-hydrogen) atoms. The Labute approximate surface area is 130 Å². The van der Waals surface area contributed by atoms with Crippen molar-refractivity contribution in [3.8, 4) is 0 Å². The maximum Gasteiger partial charge on any atom is 0.244 e. The Kier molecular flexibility index (Phi) is 5.87. The van der Waals surface area contributed by atoms with Crippen LogP contribution in [0.1, 0.15) is 20.8 Å². The predicted octanol–water partition coefficient (Wildman–Crippen LogP) is 2.99. The Morgan fingerprint density at radius 1 is 1.30 bits per heavy atom. The fraction of sp³-hybridized carbons (Fsp3) is 0.538. The van der Waals surface area contributed by atoms with Gasteiger partial charge >= 0.3 is 0 Å². The molecule has 0 radical (unpaired) electrons. The summed E-state index contributed by atoms with van der Waals surface area (Å²) in [4.78, 5) is 0.0290. The molecule has 1 rings (SSSR count). The lowest BCUT2D eigenvalue weighted by molar-refractivity contribution is 0.273. The van der Waals surface area contributed by atoms with Crippen LogP contribution in [-0.4, -0.2) is 32.4 Å². The molecule has 0 fully saturated rings. The van der Waals surface area contributed by atoms with Crippen molar-refractivity contribution in [2.24, 2.45) is 11.1 Å². The van der Waals surface area contributed by atoms with Gasteiger partial charge in [0, 0.05) is 18.1 Å². The number of nitrogens with zero attached hydrogens (tertiary/aromatic N) is 1. The molecule has 0 heterocycles. The summed E-state index contributed by atoms with van der Waals surface area (Å²) in [7, 11) is -3.69. The Balaban J connectivity index is 3.22. The van der Waals surface area contributed by atoms with Crippen molar-refractivity contribution in [1.29, 1.82) is 0 Å². The zero-order valence-electron chi connectivity index (χ0n) is 11.9. The number of rotatable bonds is 6. The normalized spacial score (nSPS) is 12.9. The maximum absolute atomic E-state index is 12.7. The summed E-state index contributed by atoms with van der Waals surface area (Å²) >= 11 is 11.9. The van der Waals surface area contributed by atoms with Crippen LogP contribution in [0.5, 0.6) is 0 Å². The van der Waals surface area contributed by atoms with Gasteiger partial charge in [-0.05, 0) is 30.2 Å². The van der Waals surface area contributed by atoms with Crippen LogP contribution in [-0.2, 0) is 10.0 Å². The first kappa shape index (κ1) is 17.7. The van der Waals surface area contributed by atoms with Crippen LogP contribution >= 0.6 is 23.2 Å². The van der Waals surface area contributed by atoms with Crippen molar-refractivity contribution >= 4 is 33.2 Å². The number of halogens is 2. The monoisotopic (exact) mass is 338 g/mol. The molecule has 0 saturated heterocycles. The Bertz CT molecular complexity index is 574. The molecular weight excluding hydrogens is 319 g/mol. The van der Waals surface area contributed by atoms with Crippen LogP contribution in [0, 0.1) is 5.41 Å². The summed E-state index contributed by atoms with van der Waals surface area (Å²) in [6.07, 6.45) is 0. The quantitative estimate of drug-likeness (QED) is 0.867. The average Bonchev–Trinajstić information content (AvgIpc) is 2.38. The first-order chi connectivity index (χ1) is 9.14. The van der Waals surface area contributed by atoms with E-state index in [1.54, 1.807) is 13.0 Å². The van der Waals surface area contributed by atoms with Crippen molar-refractivity contribution in [2.75, 3.05) is 19.6 Å². The molecule has 1 aromatic rings. The lowest BCUT2D eigenvalue weighted by Crippen LogP contribution is -2.42. The van der Waals surface area contributed by atoms with Gasteiger partial charge in [0.2, 0.25) is 10.0 Å². The van der Waals surface area contributed by atoms with Gasteiger partial charge in [0.15, 0.2) is 0 Å². The maximum atomic E-state index is 12.7. The molecular formula is C13H20Cl2N2O2S. The van der Waals surface area contributed by atoms with Gasteiger partial charge in [0.05, 0.1) is 5.02 Å². The van der Waals surface area contributed by atoms with Crippen molar-refractivity contribution in [2.45, 2.75) is 25.7 Å². The van der Waals surface area contributed by atoms with Gasteiger partial charge in [-0.15, -0.1) is 0 Å². The van der Waals surface area contributed by atoms with E-state index in [1.807, 2.05) is 13.8 Å². The molecule has 0 aliphatic rings. The summed E-state index contributed by atoms with van der Waals surface area (Å²) in [6.45, 7) is 6.68. The summed E-state index contributed by atoms with van der Waals surface area (Å²) in [5.74, 6) is 0. The second-order valence-electron chi connectivity index (χ2n) is 5.37. The third-order valence-electron chi connectivity index (χ3n) is 3.02. The zero-order chi connectivity index (χ0) is 15.6. The Morgan fingerprint density at radius 3 is 2.40 bits per heavy atom. The van der Waals surface area contributed by atoms with Crippen LogP contribution in [0.25, 0.3) is 0 Å². The lowest BCUT2D eigenvalue weighted by atomic mass is 9.94. The second kappa shape index (κ2) is 6.62. The summed E-state index contributed by atoms with van der Waals surface area (Å²) in [6, 6.07) is 4.42. The second-order valence-corrected chi connectivity index (χ2v) is 8.12. The van der Waals surface area contributed by atoms with Gasteiger partial charge in [-0.1, -0.05) is 44.0 Å². The van der Waals surface area contributed by atoms with Gasteiger partial charge in [0.1, 0.15) is 4.90 Å². The molecule has 0 bridgehead atoms. The number of nitrogens with two attached hydrogens (primary N) is 1. The Hall–Kier alpha value is -0.330. The van der Waals surface area contributed by atoms with E-state index in [2.05, 4.69) is 0 Å². The first-order valence-corrected chi connectivity index (χ1v) is 8.49. The van der Waals surface area contributed by atoms with E-state index < -0.39 is 10.0 Å². The highest BCUT2D eigenvalue weighted by Gasteiger charge is 2.30. The van der Waals surface area contributed by atoms with E-state index in [0.29, 0.717) is 24.7 Å². The number of hydrogen-bond acceptors (Lipinski definition) is 3. The average molecular weight is 339 g/mol. The molecule has 0 amide bonds. The highest BCUT2D eigenvalue weighted by molar-refractivity contribution is 7.89. The molecule has 7 heteroatoms. The molecule has 0 aliphatic heterocycles. The molecule has 0 aromatic heterocycles. The highest BCUT2D eigenvalue weighted by atomic mass is 35.5. The molecule has 4 nitrogen and oxygen atoms in total. The van der Waals surface area contributed by atoms with Gasteiger partial charge in [-0.25, -0.2) is 8.42 Å². The molecule has 0 atom stereocenters. The van der Waals surface area contributed by atoms with Crippen LogP contribution in [0.15, 0.2) is 23.1 Å². The van der Waals surface area contributed by atoms with E-state index in [1.165, 1.54) is 16.4 Å². The molecule has 0 spiro atoms. The van der Waals surface area contributed by atoms with Crippen LogP contribution in [0.4, 0.5) is 0 Å². The van der Waals surface area contributed by atoms with Crippen LogP contribution in [0.2, 0.25) is 10.0 Å². The minimum atomic E-state index is -3.69. The molecule has 1 aromatic carbocycles. The van der Waals surface area contributed by atoms with Gasteiger partial charge < -0.3 is 5.73 Å². The number of benzene rings is 1. The minimum Gasteiger partial charge on any atom is -0.330 e. The topological polar surface area (TPSA) is 63.4 Å². The number of sulfonamides is 1. The summed E-state index contributed by atoms with van der Waals surface area (Å²) < 4.78 is 26.7. The van der Waals surface area contributed by atoms with E-state index in [0.717, 1.165) is 0 Å². The van der Waals surface area contributed by atoms with Crippen molar-refractivity contribution in [3.63, 3.8) is 0 Å². The van der Waals surface area contributed by atoms with Gasteiger partial charge in [-0.3, -0.25) is 0 Å². The standard InChI is InChI=1S/C13H20Cl2N2O2S/c1-4-17(9-13(2,3)8-16)20(18,19)12-7-10(14)5-6-11(12)15/h5-7H,4,8-9,16H2,1-3H3. The predicted molar refractivity (Wildman–Crippen MR) is 83.7 cm³/mol. The molecule has 2 N–H and O–H groups in total. The third-order valence-corrected chi connectivity index (χ3v) is 5.66. The fourth-order valence-corrected chi connectivity index (χ4v) is 4.10. The minimum absolute atomic E-state index is 0.0290. The van der Waals surface area contributed by atoms with Crippen molar-refractivity contribution in [3.05, 3.63) is 28.2 Å². The molecule has 114 valence electrons. The lowest BCUT2D eigenvalue weighted by Gasteiger charge is -2.30. The SMILES string of the molecule is CCN(CC(C)(C)CN)S(=O)(=O)c1cc(Cl)ccc1Cl. The van der Waals surface area contributed by atoms with E-state index in [4.69, 9.17) is 28.9 Å². The summed E-state index contributed by atoms with van der Waals surface area (Å²) in [5, 5.41) is 0.500. The Morgan fingerprint density at radius 2 is 1.90 bits per heavy atom. The van der Waals surface area contributed by atoms with E-state index >= 15 is 0 Å². The highest BCUT2D eigenvalue weighted by Crippen LogP contribution is 2.29.